The Bertz CT molecular complexity index is 1060. The maximum atomic E-state index is 13.3. The van der Waals surface area contributed by atoms with Gasteiger partial charge >= 0.3 is 0 Å². The lowest BCUT2D eigenvalue weighted by atomic mass is 10.1. The summed E-state index contributed by atoms with van der Waals surface area (Å²) in [5.41, 5.74) is 4.29. The van der Waals surface area contributed by atoms with Crippen LogP contribution in [0.5, 0.6) is 0 Å². The van der Waals surface area contributed by atoms with Crippen molar-refractivity contribution in [2.45, 2.75) is 13.8 Å². The first-order valence-electron chi connectivity index (χ1n) is 9.81. The number of benzene rings is 1. The molecular weight excluding hydrogens is 398 g/mol. The number of piperazine rings is 1. The average molecular weight is 422 g/mol. The largest absolute Gasteiger partial charge is 0.368 e. The monoisotopic (exact) mass is 421 g/mol. The van der Waals surface area contributed by atoms with Gasteiger partial charge in [-0.05, 0) is 48.3 Å². The summed E-state index contributed by atoms with van der Waals surface area (Å²) in [6, 6.07) is 12.0. The van der Waals surface area contributed by atoms with Crippen LogP contribution in [0.4, 0.5) is 11.4 Å². The second-order valence-corrected chi connectivity index (χ2v) is 8.04. The SMILES string of the molecule is CC(=O)Nc1c(-c2ccncc2)nsc1C(=O)N1CCN(c2cccc(C)c2)CC1. The average Bonchev–Trinajstić information content (AvgIpc) is 3.17. The third-order valence-electron chi connectivity index (χ3n) is 5.07. The molecule has 0 atom stereocenters. The first kappa shape index (κ1) is 20.0. The fraction of sp³-hybridized carbons (Fsp3) is 0.273. The molecule has 0 unspecified atom stereocenters. The summed E-state index contributed by atoms with van der Waals surface area (Å²) in [6.07, 6.45) is 3.33. The number of carbonyl (C=O) groups is 2. The Morgan fingerprint density at radius 2 is 1.80 bits per heavy atom. The Morgan fingerprint density at radius 3 is 2.47 bits per heavy atom. The van der Waals surface area contributed by atoms with Crippen molar-refractivity contribution in [1.29, 1.82) is 0 Å². The Kier molecular flexibility index (Phi) is 5.76. The lowest BCUT2D eigenvalue weighted by molar-refractivity contribution is -0.114. The Balaban J connectivity index is 1.54. The minimum atomic E-state index is -0.233. The standard InChI is InChI=1S/C22H23N5O2S/c1-15-4-3-5-18(14-15)26-10-12-27(13-11-26)22(29)21-20(24-16(2)28)19(25-30-21)17-6-8-23-9-7-17/h3-9,14H,10-13H2,1-2H3,(H,24,28). The van der Waals surface area contributed by atoms with Crippen molar-refractivity contribution in [3.05, 3.63) is 59.2 Å². The van der Waals surface area contributed by atoms with Crippen LogP contribution in [0.25, 0.3) is 11.3 Å². The van der Waals surface area contributed by atoms with Crippen LogP contribution in [0.15, 0.2) is 48.8 Å². The molecule has 0 spiro atoms. The molecule has 1 aromatic carbocycles. The summed E-state index contributed by atoms with van der Waals surface area (Å²) < 4.78 is 4.47. The number of nitrogens with one attached hydrogen (secondary N) is 1. The van der Waals surface area contributed by atoms with E-state index >= 15 is 0 Å². The first-order chi connectivity index (χ1) is 14.5. The van der Waals surface area contributed by atoms with Gasteiger partial charge in [0.05, 0.1) is 5.69 Å². The maximum absolute atomic E-state index is 13.3. The third kappa shape index (κ3) is 4.18. The second kappa shape index (κ2) is 8.62. The fourth-order valence-corrected chi connectivity index (χ4v) is 4.40. The summed E-state index contributed by atoms with van der Waals surface area (Å²) in [5.74, 6) is -0.329. The zero-order chi connectivity index (χ0) is 21.1. The normalized spacial score (nSPS) is 13.9. The number of anilines is 2. The number of aryl methyl sites for hydroxylation is 1. The highest BCUT2D eigenvalue weighted by atomic mass is 32.1. The molecular formula is C22H23N5O2S. The predicted octanol–water partition coefficient (Wildman–Crippen LogP) is 3.43. The van der Waals surface area contributed by atoms with Crippen molar-refractivity contribution in [3.8, 4) is 11.3 Å². The molecule has 2 aromatic heterocycles. The molecule has 1 aliphatic heterocycles. The smallest absolute Gasteiger partial charge is 0.267 e. The first-order valence-corrected chi connectivity index (χ1v) is 10.6. The number of hydrogen-bond donors (Lipinski definition) is 1. The highest BCUT2D eigenvalue weighted by Gasteiger charge is 2.28. The van der Waals surface area contributed by atoms with Gasteiger partial charge in [0, 0.05) is 56.7 Å². The van der Waals surface area contributed by atoms with Gasteiger partial charge in [-0.15, -0.1) is 0 Å². The van der Waals surface area contributed by atoms with Crippen LogP contribution in [0.2, 0.25) is 0 Å². The Morgan fingerprint density at radius 1 is 1.07 bits per heavy atom. The molecule has 3 heterocycles. The van der Waals surface area contributed by atoms with E-state index in [1.807, 2.05) is 17.0 Å². The van der Waals surface area contributed by atoms with E-state index in [4.69, 9.17) is 0 Å². The zero-order valence-electron chi connectivity index (χ0n) is 17.0. The van der Waals surface area contributed by atoms with Crippen molar-refractivity contribution in [1.82, 2.24) is 14.3 Å². The highest BCUT2D eigenvalue weighted by Crippen LogP contribution is 2.34. The Hall–Kier alpha value is -3.26. The number of amides is 2. The van der Waals surface area contributed by atoms with E-state index in [1.54, 1.807) is 12.4 Å². The van der Waals surface area contributed by atoms with Gasteiger partial charge in [-0.25, -0.2) is 0 Å². The molecule has 3 aromatic rings. The van der Waals surface area contributed by atoms with Crippen molar-refractivity contribution in [3.63, 3.8) is 0 Å². The van der Waals surface area contributed by atoms with Crippen LogP contribution in [-0.4, -0.2) is 52.3 Å². The lowest BCUT2D eigenvalue weighted by Crippen LogP contribution is -2.48. The number of aromatic nitrogens is 2. The van der Waals surface area contributed by atoms with E-state index in [2.05, 4.69) is 50.8 Å². The second-order valence-electron chi connectivity index (χ2n) is 7.27. The van der Waals surface area contributed by atoms with Gasteiger partial charge in [-0.3, -0.25) is 14.6 Å². The van der Waals surface area contributed by atoms with Gasteiger partial charge in [-0.1, -0.05) is 12.1 Å². The number of carbonyl (C=O) groups excluding carboxylic acids is 2. The summed E-state index contributed by atoms with van der Waals surface area (Å²) in [7, 11) is 0. The van der Waals surface area contributed by atoms with Crippen LogP contribution >= 0.6 is 11.5 Å². The lowest BCUT2D eigenvalue weighted by Gasteiger charge is -2.36. The minimum absolute atomic E-state index is 0.0968. The molecule has 2 amide bonds. The molecule has 0 saturated carbocycles. The van der Waals surface area contributed by atoms with E-state index in [0.717, 1.165) is 30.2 Å². The van der Waals surface area contributed by atoms with Gasteiger partial charge in [0.1, 0.15) is 10.6 Å². The molecule has 0 bridgehead atoms. The van der Waals surface area contributed by atoms with Crippen molar-refractivity contribution in [2.24, 2.45) is 0 Å². The van der Waals surface area contributed by atoms with Gasteiger partial charge in [0.15, 0.2) is 0 Å². The number of nitrogens with zero attached hydrogens (tertiary/aromatic N) is 4. The van der Waals surface area contributed by atoms with Crippen LogP contribution in [0.1, 0.15) is 22.2 Å². The predicted molar refractivity (Wildman–Crippen MR) is 119 cm³/mol. The minimum Gasteiger partial charge on any atom is -0.368 e. The number of rotatable bonds is 4. The molecule has 7 nitrogen and oxygen atoms in total. The highest BCUT2D eigenvalue weighted by molar-refractivity contribution is 7.09. The van der Waals surface area contributed by atoms with Gasteiger partial charge in [0.2, 0.25) is 5.91 Å². The molecule has 154 valence electrons. The van der Waals surface area contributed by atoms with E-state index in [-0.39, 0.29) is 11.8 Å². The number of pyridine rings is 1. The van der Waals surface area contributed by atoms with Gasteiger partial charge < -0.3 is 15.1 Å². The molecule has 0 radical (unpaired) electrons. The van der Waals surface area contributed by atoms with E-state index in [0.29, 0.717) is 29.3 Å². The van der Waals surface area contributed by atoms with Gasteiger partial charge in [-0.2, -0.15) is 4.37 Å². The van der Waals surface area contributed by atoms with Crippen LogP contribution in [0, 0.1) is 6.92 Å². The maximum Gasteiger partial charge on any atom is 0.267 e. The van der Waals surface area contributed by atoms with Crippen LogP contribution in [-0.2, 0) is 4.79 Å². The van der Waals surface area contributed by atoms with Crippen LogP contribution < -0.4 is 10.2 Å². The summed E-state index contributed by atoms with van der Waals surface area (Å²) in [6.45, 7) is 6.28. The Labute approximate surface area is 179 Å². The van der Waals surface area contributed by atoms with E-state index < -0.39 is 0 Å². The van der Waals surface area contributed by atoms with E-state index in [9.17, 15) is 9.59 Å². The summed E-state index contributed by atoms with van der Waals surface area (Å²) in [5, 5.41) is 2.81. The van der Waals surface area contributed by atoms with Crippen molar-refractivity contribution in [2.75, 3.05) is 36.4 Å². The van der Waals surface area contributed by atoms with Crippen molar-refractivity contribution < 1.29 is 9.59 Å². The molecule has 8 heteroatoms. The molecule has 30 heavy (non-hydrogen) atoms. The molecule has 1 fully saturated rings. The van der Waals surface area contributed by atoms with Gasteiger partial charge in [0.25, 0.3) is 5.91 Å². The van der Waals surface area contributed by atoms with Crippen LogP contribution in [0.3, 0.4) is 0 Å². The zero-order valence-corrected chi connectivity index (χ0v) is 17.8. The van der Waals surface area contributed by atoms with Crippen molar-refractivity contribution >= 4 is 34.7 Å². The molecule has 0 aliphatic carbocycles. The third-order valence-corrected chi connectivity index (χ3v) is 5.91. The molecule has 1 N–H and O–H groups in total. The molecule has 1 saturated heterocycles. The number of hydrogen-bond acceptors (Lipinski definition) is 6. The quantitative estimate of drug-likeness (QED) is 0.698. The topological polar surface area (TPSA) is 78.4 Å². The molecule has 4 rings (SSSR count). The molecule has 1 aliphatic rings. The summed E-state index contributed by atoms with van der Waals surface area (Å²) in [4.78, 5) is 33.7. The van der Waals surface area contributed by atoms with E-state index in [1.165, 1.54) is 18.2 Å². The fourth-order valence-electron chi connectivity index (χ4n) is 3.57. The summed E-state index contributed by atoms with van der Waals surface area (Å²) >= 11 is 1.12.